The van der Waals surface area contributed by atoms with Gasteiger partial charge in [-0.25, -0.2) is 0 Å². The second-order valence-corrected chi connectivity index (χ2v) is 5.23. The van der Waals surface area contributed by atoms with Crippen molar-refractivity contribution in [2.45, 2.75) is 38.4 Å². The molecule has 0 spiro atoms. The summed E-state index contributed by atoms with van der Waals surface area (Å²) in [7, 11) is 0. The zero-order valence-corrected chi connectivity index (χ0v) is 9.02. The molecule has 0 aromatic carbocycles. The van der Waals surface area contributed by atoms with Crippen LogP contribution >= 0.6 is 0 Å². The normalized spacial score (nSPS) is 32.4. The first-order valence-corrected chi connectivity index (χ1v) is 4.65. The Balaban J connectivity index is 3.01. The van der Waals surface area contributed by atoms with E-state index in [2.05, 4.69) is 50.1 Å². The summed E-state index contributed by atoms with van der Waals surface area (Å²) < 4.78 is 0.299. The molecule has 0 saturated heterocycles. The first kappa shape index (κ1) is 9.10. The van der Waals surface area contributed by atoms with E-state index in [-0.39, 0.29) is 0 Å². The first-order valence-electron chi connectivity index (χ1n) is 4.07. The molecule has 1 unspecified atom stereocenters. The molecule has 0 saturated carbocycles. The molecule has 11 heavy (non-hydrogen) atoms. The van der Waals surface area contributed by atoms with Crippen LogP contribution in [0.25, 0.3) is 0 Å². The molecular weight excluding hydrogens is 147 g/mol. The molecule has 1 atom stereocenters. The molecule has 0 aliphatic heterocycles. The summed E-state index contributed by atoms with van der Waals surface area (Å²) in [6.07, 6.45) is 3.53. The molecule has 0 radical (unpaired) electrons. The van der Waals surface area contributed by atoms with Gasteiger partial charge in [0.05, 0.1) is 0 Å². The van der Waals surface area contributed by atoms with E-state index in [1.165, 1.54) is 23.1 Å². The molecule has 1 rings (SSSR count). The quantitative estimate of drug-likeness (QED) is 0.480. The summed E-state index contributed by atoms with van der Waals surface area (Å²) in [5.74, 6) is 0. The van der Waals surface area contributed by atoms with Crippen LogP contribution in [0.5, 0.6) is 0 Å². The molecule has 0 fully saturated rings. The Bertz CT molecular complexity index is 231. The molecule has 0 nitrogen and oxygen atoms in total. The van der Waals surface area contributed by atoms with Crippen LogP contribution in [0.2, 0.25) is 4.28 Å². The Kier molecular flexibility index (Phi) is 2.33. The van der Waals surface area contributed by atoms with Gasteiger partial charge in [-0.1, -0.05) is 0 Å². The monoisotopic (exact) mass is 162 g/mol. The molecular formula is C10H15Al+2. The zero-order chi connectivity index (χ0) is 8.65. The molecule has 1 aliphatic rings. The summed E-state index contributed by atoms with van der Waals surface area (Å²) in [4.78, 5) is 0. The van der Waals surface area contributed by atoms with Crippen LogP contribution in [0.15, 0.2) is 22.8 Å². The van der Waals surface area contributed by atoms with E-state index in [0.717, 1.165) is 0 Å². The van der Waals surface area contributed by atoms with E-state index < -0.39 is 0 Å². The number of rotatable bonds is 0. The van der Waals surface area contributed by atoms with Gasteiger partial charge in [-0.15, -0.1) is 0 Å². The predicted molar refractivity (Wildman–Crippen MR) is 50.9 cm³/mol. The van der Waals surface area contributed by atoms with Crippen LogP contribution in [0.3, 0.4) is 0 Å². The maximum absolute atomic E-state index is 2.92. The van der Waals surface area contributed by atoms with Gasteiger partial charge in [-0.2, -0.15) is 0 Å². The van der Waals surface area contributed by atoms with E-state index in [1.54, 1.807) is 0 Å². The Morgan fingerprint density at radius 3 is 2.36 bits per heavy atom. The van der Waals surface area contributed by atoms with E-state index in [0.29, 0.717) is 4.28 Å². The van der Waals surface area contributed by atoms with E-state index >= 15 is 0 Å². The van der Waals surface area contributed by atoms with Gasteiger partial charge in [0.15, 0.2) is 0 Å². The topological polar surface area (TPSA) is 0 Å². The molecule has 1 heteroatoms. The van der Waals surface area contributed by atoms with Crippen molar-refractivity contribution in [3.63, 3.8) is 0 Å². The van der Waals surface area contributed by atoms with Crippen LogP contribution in [-0.4, -0.2) is 16.3 Å². The van der Waals surface area contributed by atoms with Crippen molar-refractivity contribution >= 4 is 16.3 Å². The summed E-state index contributed by atoms with van der Waals surface area (Å²) in [5.41, 5.74) is 4.44. The van der Waals surface area contributed by atoms with Gasteiger partial charge in [-0.05, 0) is 0 Å². The average molecular weight is 162 g/mol. The molecule has 1 aliphatic carbocycles. The van der Waals surface area contributed by atoms with Crippen LogP contribution < -0.4 is 0 Å². The van der Waals surface area contributed by atoms with Crippen LogP contribution in [0.4, 0.5) is 0 Å². The summed E-state index contributed by atoms with van der Waals surface area (Å²) in [5, 5.41) is 0. The predicted octanol–water partition coefficient (Wildman–Crippen LogP) is 3.02. The molecule has 0 N–H and O–H groups in total. The number of hydrogen-bond acceptors (Lipinski definition) is 0. The van der Waals surface area contributed by atoms with Gasteiger partial charge in [0.1, 0.15) is 0 Å². The van der Waals surface area contributed by atoms with E-state index in [1.807, 2.05) is 0 Å². The average Bonchev–Trinajstić information content (AvgIpc) is 1.81. The van der Waals surface area contributed by atoms with E-state index in [4.69, 9.17) is 0 Å². The van der Waals surface area contributed by atoms with E-state index in [9.17, 15) is 0 Å². The Hall–Kier alpha value is 0.0125. The zero-order valence-electron chi connectivity index (χ0n) is 7.86. The first-order chi connectivity index (χ1) is 4.92. The molecule has 0 bridgehead atoms. The third-order valence-corrected chi connectivity index (χ3v) is 2.79. The minimum absolute atomic E-state index is 0.299. The SMILES string of the molecule is CC1=C[C](C)([Al+2])CC(C)=C1C. The van der Waals surface area contributed by atoms with Gasteiger partial charge in [0.25, 0.3) is 0 Å². The molecule has 56 valence electrons. The molecule has 0 aromatic rings. The Labute approximate surface area is 77.8 Å². The van der Waals surface area contributed by atoms with Gasteiger partial charge in [0.2, 0.25) is 0 Å². The maximum atomic E-state index is 2.92. The van der Waals surface area contributed by atoms with Crippen molar-refractivity contribution < 1.29 is 0 Å². The number of hydrogen-bond donors (Lipinski definition) is 0. The standard InChI is InChI=1S/C10H15.Al/c1-7-5-8(2)10(4)9(3)6-7;/h5H,6H2,1-4H3;/q;+2. The van der Waals surface area contributed by atoms with Gasteiger partial charge in [-0.3, -0.25) is 0 Å². The fraction of sp³-hybridized carbons (Fsp3) is 0.600. The fourth-order valence-corrected chi connectivity index (χ4v) is 2.25. The molecule has 0 heterocycles. The van der Waals surface area contributed by atoms with Crippen LogP contribution in [-0.2, 0) is 0 Å². The summed E-state index contributed by atoms with van der Waals surface area (Å²) in [6.45, 7) is 8.90. The van der Waals surface area contributed by atoms with Crippen molar-refractivity contribution in [1.82, 2.24) is 0 Å². The van der Waals surface area contributed by atoms with Gasteiger partial charge in [0, 0.05) is 0 Å². The van der Waals surface area contributed by atoms with Gasteiger partial charge >= 0.3 is 77.5 Å². The van der Waals surface area contributed by atoms with Crippen LogP contribution in [0, 0.1) is 0 Å². The van der Waals surface area contributed by atoms with Crippen LogP contribution in [0.1, 0.15) is 34.1 Å². The summed E-state index contributed by atoms with van der Waals surface area (Å²) >= 11 is 2.92. The fourth-order valence-electron chi connectivity index (χ4n) is 1.69. The van der Waals surface area contributed by atoms with Crippen molar-refractivity contribution in [3.8, 4) is 0 Å². The van der Waals surface area contributed by atoms with Crippen molar-refractivity contribution in [2.24, 2.45) is 0 Å². The third kappa shape index (κ3) is 1.98. The summed E-state index contributed by atoms with van der Waals surface area (Å²) in [6, 6.07) is 0. The van der Waals surface area contributed by atoms with Crippen molar-refractivity contribution in [1.29, 1.82) is 0 Å². The Morgan fingerprint density at radius 2 is 1.91 bits per heavy atom. The molecule has 0 aromatic heterocycles. The minimum atomic E-state index is 0.299. The van der Waals surface area contributed by atoms with Crippen molar-refractivity contribution in [3.05, 3.63) is 22.8 Å². The van der Waals surface area contributed by atoms with Gasteiger partial charge < -0.3 is 0 Å². The third-order valence-electron chi connectivity index (χ3n) is 2.42. The molecule has 0 amide bonds. The second-order valence-electron chi connectivity index (χ2n) is 3.92. The van der Waals surface area contributed by atoms with Crippen molar-refractivity contribution in [2.75, 3.05) is 0 Å². The second kappa shape index (κ2) is 2.81. The Morgan fingerprint density at radius 1 is 1.36 bits per heavy atom. The number of allylic oxidation sites excluding steroid dienone is 4.